The largest absolute Gasteiger partial charge is 0.372 e. The van der Waals surface area contributed by atoms with Crippen LogP contribution in [0, 0.1) is 5.92 Å². The molecule has 1 heterocycles. The van der Waals surface area contributed by atoms with Gasteiger partial charge in [0.1, 0.15) is 0 Å². The van der Waals surface area contributed by atoms with E-state index < -0.39 is 0 Å². The van der Waals surface area contributed by atoms with Crippen molar-refractivity contribution in [1.29, 1.82) is 0 Å². The van der Waals surface area contributed by atoms with Crippen LogP contribution < -0.4 is 0 Å². The lowest BCUT2D eigenvalue weighted by Crippen LogP contribution is -2.26. The smallest absolute Gasteiger partial charge is 0.0687 e. The van der Waals surface area contributed by atoms with E-state index in [1.54, 1.807) is 0 Å². The molecule has 1 saturated heterocycles. The number of hydrogen-bond acceptors (Lipinski definition) is 1. The van der Waals surface area contributed by atoms with Crippen molar-refractivity contribution in [3.8, 4) is 0 Å². The number of rotatable bonds is 2. The molecule has 92 valence electrons. The summed E-state index contributed by atoms with van der Waals surface area (Å²) in [6, 6.07) is 0. The van der Waals surface area contributed by atoms with E-state index in [4.69, 9.17) is 16.3 Å². The van der Waals surface area contributed by atoms with Crippen molar-refractivity contribution in [2.75, 3.05) is 0 Å². The molecular formula is C14H23ClO. The zero-order chi connectivity index (χ0) is 11.0. The van der Waals surface area contributed by atoms with Crippen LogP contribution >= 0.6 is 11.6 Å². The Hall–Kier alpha value is 0.250. The van der Waals surface area contributed by atoms with Crippen LogP contribution in [0.25, 0.3) is 0 Å². The Labute approximate surface area is 104 Å². The van der Waals surface area contributed by atoms with Gasteiger partial charge in [0.15, 0.2) is 0 Å². The first-order chi connectivity index (χ1) is 7.77. The lowest BCUT2D eigenvalue weighted by molar-refractivity contribution is -0.0437. The molecule has 3 fully saturated rings. The molecule has 16 heavy (non-hydrogen) atoms. The predicted molar refractivity (Wildman–Crippen MR) is 66.9 cm³/mol. The van der Waals surface area contributed by atoms with E-state index in [0.29, 0.717) is 17.1 Å². The van der Waals surface area contributed by atoms with Crippen molar-refractivity contribution in [2.24, 2.45) is 5.92 Å². The average molecular weight is 243 g/mol. The molecule has 1 nitrogen and oxygen atoms in total. The number of ether oxygens (including phenoxy) is 1. The molecule has 1 spiro atoms. The quantitative estimate of drug-likeness (QED) is 0.657. The molecule has 3 rings (SSSR count). The second-order valence-electron chi connectivity index (χ2n) is 6.11. The predicted octanol–water partition coefficient (Wildman–Crippen LogP) is 4.28. The maximum absolute atomic E-state index is 6.36. The van der Waals surface area contributed by atoms with E-state index in [0.717, 1.165) is 5.92 Å². The summed E-state index contributed by atoms with van der Waals surface area (Å²) in [6.07, 6.45) is 13.7. The van der Waals surface area contributed by atoms with Gasteiger partial charge in [-0.25, -0.2) is 0 Å². The van der Waals surface area contributed by atoms with E-state index in [1.165, 1.54) is 64.2 Å². The van der Waals surface area contributed by atoms with Crippen LogP contribution in [0.2, 0.25) is 0 Å². The van der Waals surface area contributed by atoms with Crippen molar-refractivity contribution < 1.29 is 4.74 Å². The highest BCUT2D eigenvalue weighted by Gasteiger charge is 2.43. The standard InChI is InChI=1S/C14H23ClO/c15-13-5-3-4-11(13)10-12-6-9-14(16-12)7-1-2-8-14/h11-13H,1-10H2. The number of halogens is 1. The first-order valence-corrected chi connectivity index (χ1v) is 7.53. The van der Waals surface area contributed by atoms with Crippen LogP contribution in [0.5, 0.6) is 0 Å². The molecule has 2 heteroatoms. The minimum absolute atomic E-state index is 0.311. The van der Waals surface area contributed by atoms with Gasteiger partial charge in [0.05, 0.1) is 11.7 Å². The molecule has 0 aromatic heterocycles. The van der Waals surface area contributed by atoms with Gasteiger partial charge in [0, 0.05) is 5.38 Å². The third kappa shape index (κ3) is 2.13. The Bertz CT molecular complexity index is 247. The summed E-state index contributed by atoms with van der Waals surface area (Å²) in [7, 11) is 0. The SMILES string of the molecule is ClC1CCCC1CC1CCC2(CCCC2)O1. The van der Waals surface area contributed by atoms with Gasteiger partial charge in [0.25, 0.3) is 0 Å². The first kappa shape index (κ1) is 11.3. The number of hydrogen-bond donors (Lipinski definition) is 0. The summed E-state index contributed by atoms with van der Waals surface area (Å²) in [4.78, 5) is 0. The molecule has 3 aliphatic rings. The molecule has 0 amide bonds. The monoisotopic (exact) mass is 242 g/mol. The molecule has 0 N–H and O–H groups in total. The van der Waals surface area contributed by atoms with Crippen LogP contribution in [0.15, 0.2) is 0 Å². The minimum atomic E-state index is 0.311. The van der Waals surface area contributed by atoms with Gasteiger partial charge in [-0.2, -0.15) is 0 Å². The highest BCUT2D eigenvalue weighted by atomic mass is 35.5. The Kier molecular flexibility index (Phi) is 3.19. The van der Waals surface area contributed by atoms with Crippen molar-refractivity contribution >= 4 is 11.6 Å². The van der Waals surface area contributed by atoms with Gasteiger partial charge in [-0.15, -0.1) is 11.6 Å². The van der Waals surface area contributed by atoms with Crippen LogP contribution in [0.3, 0.4) is 0 Å². The maximum atomic E-state index is 6.36. The van der Waals surface area contributed by atoms with E-state index in [9.17, 15) is 0 Å². The molecule has 3 atom stereocenters. The fourth-order valence-corrected chi connectivity index (χ4v) is 4.43. The topological polar surface area (TPSA) is 9.23 Å². The summed E-state index contributed by atoms with van der Waals surface area (Å²) < 4.78 is 6.36. The van der Waals surface area contributed by atoms with Crippen molar-refractivity contribution in [2.45, 2.75) is 81.3 Å². The van der Waals surface area contributed by atoms with Gasteiger partial charge in [-0.1, -0.05) is 19.3 Å². The fourth-order valence-electron chi connectivity index (χ4n) is 4.04. The summed E-state index contributed by atoms with van der Waals surface area (Å²) in [5.74, 6) is 0.739. The summed E-state index contributed by atoms with van der Waals surface area (Å²) >= 11 is 6.35. The van der Waals surface area contributed by atoms with Crippen LogP contribution in [0.4, 0.5) is 0 Å². The van der Waals surface area contributed by atoms with E-state index in [-0.39, 0.29) is 0 Å². The van der Waals surface area contributed by atoms with Crippen LogP contribution in [0.1, 0.15) is 64.2 Å². The van der Waals surface area contributed by atoms with Gasteiger partial charge in [0.2, 0.25) is 0 Å². The molecule has 1 aliphatic heterocycles. The zero-order valence-electron chi connectivity index (χ0n) is 10.1. The van der Waals surface area contributed by atoms with Crippen LogP contribution in [-0.2, 0) is 4.74 Å². The highest BCUT2D eigenvalue weighted by molar-refractivity contribution is 6.20. The highest BCUT2D eigenvalue weighted by Crippen LogP contribution is 2.46. The summed E-state index contributed by atoms with van der Waals surface area (Å²) in [5, 5.41) is 0.434. The van der Waals surface area contributed by atoms with E-state index >= 15 is 0 Å². The Morgan fingerprint density at radius 3 is 2.50 bits per heavy atom. The van der Waals surface area contributed by atoms with E-state index in [2.05, 4.69) is 0 Å². The molecular weight excluding hydrogens is 220 g/mol. The normalized spacial score (nSPS) is 42.2. The third-order valence-electron chi connectivity index (χ3n) is 4.99. The maximum Gasteiger partial charge on any atom is 0.0687 e. The average Bonchev–Trinajstić information content (AvgIpc) is 2.96. The van der Waals surface area contributed by atoms with Crippen molar-refractivity contribution in [3.63, 3.8) is 0 Å². The Morgan fingerprint density at radius 2 is 1.81 bits per heavy atom. The molecule has 0 aromatic rings. The molecule has 0 radical (unpaired) electrons. The van der Waals surface area contributed by atoms with Gasteiger partial charge in [-0.05, 0) is 50.9 Å². The Morgan fingerprint density at radius 1 is 1.00 bits per heavy atom. The summed E-state index contributed by atoms with van der Waals surface area (Å²) in [6.45, 7) is 0. The molecule has 0 aromatic carbocycles. The Balaban J connectivity index is 1.53. The van der Waals surface area contributed by atoms with Crippen molar-refractivity contribution in [1.82, 2.24) is 0 Å². The van der Waals surface area contributed by atoms with Gasteiger partial charge >= 0.3 is 0 Å². The fraction of sp³-hybridized carbons (Fsp3) is 1.00. The first-order valence-electron chi connectivity index (χ1n) is 7.09. The van der Waals surface area contributed by atoms with E-state index in [1.807, 2.05) is 0 Å². The lowest BCUT2D eigenvalue weighted by atomic mass is 9.95. The molecule has 2 saturated carbocycles. The second kappa shape index (κ2) is 4.49. The molecule has 0 bridgehead atoms. The van der Waals surface area contributed by atoms with Gasteiger partial charge < -0.3 is 4.74 Å². The van der Waals surface area contributed by atoms with Crippen molar-refractivity contribution in [3.05, 3.63) is 0 Å². The zero-order valence-corrected chi connectivity index (χ0v) is 10.8. The molecule has 2 aliphatic carbocycles. The summed E-state index contributed by atoms with van der Waals surface area (Å²) in [5.41, 5.74) is 0.311. The lowest BCUT2D eigenvalue weighted by Gasteiger charge is -2.25. The second-order valence-corrected chi connectivity index (χ2v) is 6.67. The number of alkyl halides is 1. The van der Waals surface area contributed by atoms with Gasteiger partial charge in [-0.3, -0.25) is 0 Å². The van der Waals surface area contributed by atoms with Crippen LogP contribution in [-0.4, -0.2) is 17.1 Å². The third-order valence-corrected chi connectivity index (χ3v) is 5.56. The molecule has 3 unspecified atom stereocenters. The minimum Gasteiger partial charge on any atom is -0.372 e.